The van der Waals surface area contributed by atoms with Gasteiger partial charge in [0.25, 0.3) is 5.91 Å². The van der Waals surface area contributed by atoms with Crippen LogP contribution in [0.15, 0.2) is 18.2 Å². The van der Waals surface area contributed by atoms with Gasteiger partial charge in [-0.05, 0) is 45.7 Å². The van der Waals surface area contributed by atoms with Gasteiger partial charge in [0.15, 0.2) is 0 Å². The molecule has 122 valence electrons. The molecule has 0 bridgehead atoms. The lowest BCUT2D eigenvalue weighted by atomic mass is 10.0. The minimum Gasteiger partial charge on any atom is -0.336 e. The van der Waals surface area contributed by atoms with Gasteiger partial charge in [-0.3, -0.25) is 4.79 Å². The van der Waals surface area contributed by atoms with Gasteiger partial charge in [-0.15, -0.1) is 0 Å². The summed E-state index contributed by atoms with van der Waals surface area (Å²) in [5.74, 6) is 0.875. The van der Waals surface area contributed by atoms with E-state index in [2.05, 4.69) is 10.1 Å². The number of carbonyl (C=O) groups is 1. The van der Waals surface area contributed by atoms with Crippen LogP contribution in [-0.4, -0.2) is 38.7 Å². The average Bonchev–Trinajstić information content (AvgIpc) is 2.88. The van der Waals surface area contributed by atoms with Gasteiger partial charge in [0.1, 0.15) is 17.5 Å². The number of likely N-dealkylation sites (tertiary alicyclic amines) is 1. The molecule has 0 aliphatic carbocycles. The Hall–Kier alpha value is -2.24. The Bertz CT molecular complexity index is 740. The summed E-state index contributed by atoms with van der Waals surface area (Å²) < 4.78 is 15.9. The number of halogens is 1. The first-order valence-corrected chi connectivity index (χ1v) is 7.91. The molecule has 1 aromatic heterocycles. The Morgan fingerprint density at radius 2 is 2.09 bits per heavy atom. The van der Waals surface area contributed by atoms with E-state index in [1.165, 1.54) is 6.07 Å². The highest BCUT2D eigenvalue weighted by molar-refractivity contribution is 5.94. The molecule has 2 heterocycles. The number of hydrogen-bond donors (Lipinski definition) is 0. The zero-order chi connectivity index (χ0) is 16.6. The normalized spacial score (nSPS) is 18.3. The summed E-state index contributed by atoms with van der Waals surface area (Å²) in [6.45, 7) is 6.82. The molecule has 1 aromatic carbocycles. The fourth-order valence-electron chi connectivity index (χ4n) is 3.19. The molecule has 23 heavy (non-hydrogen) atoms. The summed E-state index contributed by atoms with van der Waals surface area (Å²) in [7, 11) is 0. The van der Waals surface area contributed by atoms with E-state index in [-0.39, 0.29) is 17.5 Å². The Morgan fingerprint density at radius 3 is 2.78 bits per heavy atom. The number of amides is 1. The third kappa shape index (κ3) is 3.11. The van der Waals surface area contributed by atoms with Crippen LogP contribution in [0.5, 0.6) is 0 Å². The first kappa shape index (κ1) is 15.6. The molecule has 0 radical (unpaired) electrons. The third-order valence-electron chi connectivity index (χ3n) is 4.29. The second-order valence-electron chi connectivity index (χ2n) is 6.18. The van der Waals surface area contributed by atoms with Gasteiger partial charge in [-0.1, -0.05) is 11.6 Å². The minimum absolute atomic E-state index is 0.0989. The number of aromatic nitrogens is 3. The van der Waals surface area contributed by atoms with Crippen molar-refractivity contribution in [3.63, 3.8) is 0 Å². The zero-order valence-electron chi connectivity index (χ0n) is 13.7. The molecule has 0 saturated carbocycles. The standard InChI is InChI=1S/C17H21FN4O/c1-11-6-7-16(18)15(9-11)17(23)21-8-4-5-14(10-21)22-13(3)19-12(2)20-22/h6-7,9,14H,4-5,8,10H2,1-3H3/t14-/m1/s1. The third-order valence-corrected chi connectivity index (χ3v) is 4.29. The van der Waals surface area contributed by atoms with E-state index < -0.39 is 5.82 Å². The van der Waals surface area contributed by atoms with E-state index in [1.807, 2.05) is 25.5 Å². The topological polar surface area (TPSA) is 51.0 Å². The van der Waals surface area contributed by atoms with Crippen LogP contribution < -0.4 is 0 Å². The molecule has 0 spiro atoms. The van der Waals surface area contributed by atoms with Gasteiger partial charge in [-0.2, -0.15) is 5.10 Å². The van der Waals surface area contributed by atoms with E-state index in [9.17, 15) is 9.18 Å². The van der Waals surface area contributed by atoms with E-state index in [1.54, 1.807) is 17.0 Å². The van der Waals surface area contributed by atoms with Crippen molar-refractivity contribution in [3.05, 3.63) is 46.8 Å². The largest absolute Gasteiger partial charge is 0.336 e. The van der Waals surface area contributed by atoms with Crippen LogP contribution in [0.25, 0.3) is 0 Å². The lowest BCUT2D eigenvalue weighted by Gasteiger charge is -2.33. The highest BCUT2D eigenvalue weighted by atomic mass is 19.1. The second kappa shape index (κ2) is 6.10. The Kier molecular flexibility index (Phi) is 4.15. The molecule has 3 rings (SSSR count). The summed E-state index contributed by atoms with van der Waals surface area (Å²) in [6, 6.07) is 4.75. The van der Waals surface area contributed by atoms with Crippen LogP contribution in [-0.2, 0) is 0 Å². The minimum atomic E-state index is -0.462. The van der Waals surface area contributed by atoms with Gasteiger partial charge in [0, 0.05) is 13.1 Å². The predicted octanol–water partition coefficient (Wildman–Crippen LogP) is 2.82. The van der Waals surface area contributed by atoms with E-state index >= 15 is 0 Å². The maximum Gasteiger partial charge on any atom is 0.256 e. The second-order valence-corrected chi connectivity index (χ2v) is 6.18. The van der Waals surface area contributed by atoms with Crippen molar-refractivity contribution in [2.45, 2.75) is 39.7 Å². The number of rotatable bonds is 2. The highest BCUT2D eigenvalue weighted by Crippen LogP contribution is 2.24. The van der Waals surface area contributed by atoms with Gasteiger partial charge in [0.2, 0.25) is 0 Å². The molecular weight excluding hydrogens is 295 g/mol. The molecule has 1 amide bonds. The number of piperidine rings is 1. The first-order chi connectivity index (χ1) is 11.0. The van der Waals surface area contributed by atoms with Crippen molar-refractivity contribution in [1.82, 2.24) is 19.7 Å². The van der Waals surface area contributed by atoms with Crippen molar-refractivity contribution < 1.29 is 9.18 Å². The predicted molar refractivity (Wildman–Crippen MR) is 84.8 cm³/mol. The van der Waals surface area contributed by atoms with Crippen molar-refractivity contribution in [2.75, 3.05) is 13.1 Å². The van der Waals surface area contributed by atoms with Gasteiger partial charge >= 0.3 is 0 Å². The molecule has 1 aliphatic rings. The van der Waals surface area contributed by atoms with Crippen molar-refractivity contribution in [2.24, 2.45) is 0 Å². The monoisotopic (exact) mass is 316 g/mol. The van der Waals surface area contributed by atoms with Crippen LogP contribution in [0.3, 0.4) is 0 Å². The Balaban J connectivity index is 1.82. The molecule has 2 aromatic rings. The average molecular weight is 316 g/mol. The lowest BCUT2D eigenvalue weighted by molar-refractivity contribution is 0.0666. The quantitative estimate of drug-likeness (QED) is 0.856. The highest BCUT2D eigenvalue weighted by Gasteiger charge is 2.28. The van der Waals surface area contributed by atoms with E-state index in [0.717, 1.165) is 30.1 Å². The number of carbonyl (C=O) groups excluding carboxylic acids is 1. The lowest BCUT2D eigenvalue weighted by Crippen LogP contribution is -2.41. The molecule has 1 atom stereocenters. The van der Waals surface area contributed by atoms with E-state index in [0.29, 0.717) is 13.1 Å². The van der Waals surface area contributed by atoms with Crippen LogP contribution in [0.1, 0.15) is 46.5 Å². The molecule has 1 aliphatic heterocycles. The van der Waals surface area contributed by atoms with Gasteiger partial charge in [0.05, 0.1) is 11.6 Å². The van der Waals surface area contributed by atoms with E-state index in [4.69, 9.17) is 0 Å². The summed E-state index contributed by atoms with van der Waals surface area (Å²) in [6.07, 6.45) is 1.83. The van der Waals surface area contributed by atoms with Crippen molar-refractivity contribution in [1.29, 1.82) is 0 Å². The van der Waals surface area contributed by atoms with Crippen LogP contribution in [0, 0.1) is 26.6 Å². The summed E-state index contributed by atoms with van der Waals surface area (Å²) >= 11 is 0. The molecular formula is C17H21FN4O. The molecule has 1 fully saturated rings. The molecule has 0 unspecified atom stereocenters. The number of nitrogens with zero attached hydrogens (tertiary/aromatic N) is 4. The van der Waals surface area contributed by atoms with Crippen molar-refractivity contribution >= 4 is 5.91 Å². The fraction of sp³-hybridized carbons (Fsp3) is 0.471. The number of aryl methyl sites for hydroxylation is 3. The summed E-state index contributed by atoms with van der Waals surface area (Å²) in [4.78, 5) is 18.7. The first-order valence-electron chi connectivity index (χ1n) is 7.91. The number of benzene rings is 1. The Labute approximate surface area is 135 Å². The molecule has 0 N–H and O–H groups in total. The molecule has 6 heteroatoms. The Morgan fingerprint density at radius 1 is 1.30 bits per heavy atom. The van der Waals surface area contributed by atoms with Crippen LogP contribution in [0.4, 0.5) is 4.39 Å². The van der Waals surface area contributed by atoms with Crippen LogP contribution >= 0.6 is 0 Å². The van der Waals surface area contributed by atoms with Gasteiger partial charge in [-0.25, -0.2) is 14.1 Å². The van der Waals surface area contributed by atoms with Gasteiger partial charge < -0.3 is 4.90 Å². The summed E-state index contributed by atoms with van der Waals surface area (Å²) in [5, 5.41) is 4.43. The molecule has 5 nitrogen and oxygen atoms in total. The van der Waals surface area contributed by atoms with Crippen LogP contribution in [0.2, 0.25) is 0 Å². The summed E-state index contributed by atoms with van der Waals surface area (Å²) in [5.41, 5.74) is 1.03. The molecule has 1 saturated heterocycles. The SMILES string of the molecule is Cc1ccc(F)c(C(=O)N2CCC[C@@H](n3nc(C)nc3C)C2)c1. The van der Waals surface area contributed by atoms with Crippen molar-refractivity contribution in [3.8, 4) is 0 Å². The smallest absolute Gasteiger partial charge is 0.256 e. The zero-order valence-corrected chi connectivity index (χ0v) is 13.7. The fourth-order valence-corrected chi connectivity index (χ4v) is 3.19. The maximum absolute atomic E-state index is 14.0. The maximum atomic E-state index is 14.0. The number of hydrogen-bond acceptors (Lipinski definition) is 3.